The molecule has 1 aromatic heterocycles. The maximum atomic E-state index is 12.7. The molecule has 1 saturated heterocycles. The molecule has 1 aromatic rings. The van der Waals surface area contributed by atoms with Crippen LogP contribution in [0.25, 0.3) is 0 Å². The van der Waals surface area contributed by atoms with E-state index in [0.717, 1.165) is 17.8 Å². The highest BCUT2D eigenvalue weighted by Gasteiger charge is 2.54. The molecule has 4 N–H and O–H groups in total. The zero-order valence-electron chi connectivity index (χ0n) is 15.6. The number of carboxylic acids is 1. The molecule has 0 spiro atoms. The van der Waals surface area contributed by atoms with Crippen LogP contribution in [0.1, 0.15) is 19.0 Å². The molecule has 1 fully saturated rings. The molecule has 12 heteroatoms. The Balaban J connectivity index is 1.80. The number of aliphatic carboxylic acids is 1. The summed E-state index contributed by atoms with van der Waals surface area (Å²) in [7, 11) is 1.28. The maximum absolute atomic E-state index is 12.7. The SMILES string of the molecule is CC/C=C\C1=C(C(=O)O)N2C(=O)C(NC(=O)/C(=N\OC)c3csc(N)n3)[C@H]2SC1. The number of carbonyl (C=O) groups is 3. The van der Waals surface area contributed by atoms with Crippen LogP contribution < -0.4 is 11.1 Å². The predicted octanol–water partition coefficient (Wildman–Crippen LogP) is 0.781. The van der Waals surface area contributed by atoms with Crippen LogP contribution in [0.2, 0.25) is 0 Å². The van der Waals surface area contributed by atoms with E-state index in [0.29, 0.717) is 11.3 Å². The van der Waals surface area contributed by atoms with Crippen molar-refractivity contribution < 1.29 is 24.3 Å². The molecule has 2 amide bonds. The van der Waals surface area contributed by atoms with Gasteiger partial charge in [0.2, 0.25) is 0 Å². The number of thioether (sulfide) groups is 1. The van der Waals surface area contributed by atoms with Crippen LogP contribution in [0.15, 0.2) is 34.0 Å². The van der Waals surface area contributed by atoms with Gasteiger partial charge < -0.3 is 21.0 Å². The molecule has 29 heavy (non-hydrogen) atoms. The molecule has 0 radical (unpaired) electrons. The molecular formula is C17H19N5O5S2. The Morgan fingerprint density at radius 2 is 2.31 bits per heavy atom. The van der Waals surface area contributed by atoms with E-state index in [2.05, 4.69) is 15.5 Å². The lowest BCUT2D eigenvalue weighted by molar-refractivity contribution is -0.150. The first-order valence-electron chi connectivity index (χ1n) is 8.60. The van der Waals surface area contributed by atoms with Gasteiger partial charge in [0.05, 0.1) is 0 Å². The minimum Gasteiger partial charge on any atom is -0.477 e. The first-order chi connectivity index (χ1) is 13.9. The van der Waals surface area contributed by atoms with Gasteiger partial charge >= 0.3 is 5.97 Å². The lowest BCUT2D eigenvalue weighted by Gasteiger charge is -2.49. The lowest BCUT2D eigenvalue weighted by atomic mass is 10.0. The highest BCUT2D eigenvalue weighted by Crippen LogP contribution is 2.40. The second-order valence-corrected chi connectivity index (χ2v) is 8.04. The molecule has 0 aromatic carbocycles. The van der Waals surface area contributed by atoms with E-state index >= 15 is 0 Å². The van der Waals surface area contributed by atoms with Crippen LogP contribution in [-0.4, -0.2) is 62.8 Å². The lowest BCUT2D eigenvalue weighted by Crippen LogP contribution is -2.71. The molecule has 2 aliphatic heterocycles. The second kappa shape index (κ2) is 8.66. The van der Waals surface area contributed by atoms with Crippen molar-refractivity contribution in [2.45, 2.75) is 24.8 Å². The highest BCUT2D eigenvalue weighted by atomic mass is 32.2. The molecule has 2 aliphatic rings. The number of hydrogen-bond donors (Lipinski definition) is 3. The number of carboxylic acid groups (broad SMARTS) is 1. The van der Waals surface area contributed by atoms with Crippen molar-refractivity contribution in [2.24, 2.45) is 5.16 Å². The average Bonchev–Trinajstić information content (AvgIpc) is 3.13. The van der Waals surface area contributed by atoms with Gasteiger partial charge in [-0.15, -0.1) is 23.1 Å². The largest absolute Gasteiger partial charge is 0.477 e. The van der Waals surface area contributed by atoms with Crippen molar-refractivity contribution in [2.75, 3.05) is 18.6 Å². The summed E-state index contributed by atoms with van der Waals surface area (Å²) in [6.07, 6.45) is 4.32. The van der Waals surface area contributed by atoms with Crippen LogP contribution in [0.3, 0.4) is 0 Å². The smallest absolute Gasteiger partial charge is 0.352 e. The number of nitrogens with two attached hydrogens (primary N) is 1. The van der Waals surface area contributed by atoms with E-state index in [4.69, 9.17) is 10.6 Å². The Kier molecular flexibility index (Phi) is 6.23. The number of allylic oxidation sites excluding steroid dienone is 2. The summed E-state index contributed by atoms with van der Waals surface area (Å²) in [5.41, 5.74) is 6.23. The third-order valence-corrected chi connectivity index (χ3v) is 6.18. The number of aromatic nitrogens is 1. The maximum Gasteiger partial charge on any atom is 0.352 e. The van der Waals surface area contributed by atoms with Gasteiger partial charge in [-0.05, 0) is 12.0 Å². The number of amides is 2. The predicted molar refractivity (Wildman–Crippen MR) is 109 cm³/mol. The molecular weight excluding hydrogens is 418 g/mol. The number of nitrogens with zero attached hydrogens (tertiary/aromatic N) is 3. The number of rotatable bonds is 7. The Bertz CT molecular complexity index is 938. The summed E-state index contributed by atoms with van der Waals surface area (Å²) in [4.78, 5) is 47.0. The van der Waals surface area contributed by atoms with Gasteiger partial charge in [0.25, 0.3) is 11.8 Å². The van der Waals surface area contributed by atoms with Crippen molar-refractivity contribution in [3.05, 3.63) is 34.5 Å². The van der Waals surface area contributed by atoms with E-state index in [1.54, 1.807) is 11.5 Å². The van der Waals surface area contributed by atoms with Crippen LogP contribution >= 0.6 is 23.1 Å². The van der Waals surface area contributed by atoms with Crippen LogP contribution in [0, 0.1) is 0 Å². The summed E-state index contributed by atoms with van der Waals surface area (Å²) in [6.45, 7) is 1.94. The number of fused-ring (bicyclic) bond motifs is 1. The van der Waals surface area contributed by atoms with Gasteiger partial charge in [0, 0.05) is 11.1 Å². The number of hydrogen-bond acceptors (Lipinski definition) is 9. The van der Waals surface area contributed by atoms with E-state index in [9.17, 15) is 19.5 Å². The van der Waals surface area contributed by atoms with E-state index in [1.165, 1.54) is 23.8 Å². The molecule has 3 heterocycles. The summed E-state index contributed by atoms with van der Waals surface area (Å²) >= 11 is 2.52. The fraction of sp³-hybridized carbons (Fsp3) is 0.353. The molecule has 2 atom stereocenters. The van der Waals surface area contributed by atoms with Crippen LogP contribution in [0.5, 0.6) is 0 Å². The number of anilines is 1. The molecule has 154 valence electrons. The highest BCUT2D eigenvalue weighted by molar-refractivity contribution is 8.00. The molecule has 10 nitrogen and oxygen atoms in total. The van der Waals surface area contributed by atoms with Gasteiger partial charge in [0.15, 0.2) is 10.8 Å². The fourth-order valence-electron chi connectivity index (χ4n) is 2.93. The molecule has 3 rings (SSSR count). The number of oxime groups is 1. The van der Waals surface area contributed by atoms with Crippen LogP contribution in [0.4, 0.5) is 5.13 Å². The third-order valence-electron chi connectivity index (χ3n) is 4.20. The Morgan fingerprint density at radius 3 is 2.90 bits per heavy atom. The topological polar surface area (TPSA) is 147 Å². The molecule has 0 saturated carbocycles. The number of β-lactam (4-membered cyclic amide) rings is 1. The fourth-order valence-corrected chi connectivity index (χ4v) is 4.80. The van der Waals surface area contributed by atoms with Crippen molar-refractivity contribution in [1.82, 2.24) is 15.2 Å². The van der Waals surface area contributed by atoms with Crippen molar-refractivity contribution in [3.63, 3.8) is 0 Å². The quantitative estimate of drug-likeness (QED) is 0.322. The minimum atomic E-state index is -1.18. The van der Waals surface area contributed by atoms with E-state index in [1.807, 2.05) is 13.0 Å². The monoisotopic (exact) mass is 437 g/mol. The number of nitrogens with one attached hydrogen (secondary N) is 1. The van der Waals surface area contributed by atoms with Gasteiger partial charge in [-0.1, -0.05) is 24.2 Å². The first-order valence-corrected chi connectivity index (χ1v) is 10.5. The van der Waals surface area contributed by atoms with Gasteiger partial charge in [-0.25, -0.2) is 9.78 Å². The van der Waals surface area contributed by atoms with Crippen molar-refractivity contribution >= 4 is 51.7 Å². The summed E-state index contributed by atoms with van der Waals surface area (Å²) in [5, 5.41) is 17.2. The molecule has 0 bridgehead atoms. The van der Waals surface area contributed by atoms with Gasteiger partial charge in [-0.3, -0.25) is 14.5 Å². The van der Waals surface area contributed by atoms with Crippen molar-refractivity contribution in [1.29, 1.82) is 0 Å². The average molecular weight is 438 g/mol. The molecule has 1 unspecified atom stereocenters. The zero-order valence-corrected chi connectivity index (χ0v) is 17.2. The second-order valence-electron chi connectivity index (χ2n) is 6.04. The number of thiazole rings is 1. The summed E-state index contributed by atoms with van der Waals surface area (Å²) in [5.74, 6) is -1.91. The Labute approximate surface area is 174 Å². The molecule has 0 aliphatic carbocycles. The number of nitrogen functional groups attached to an aromatic ring is 1. The summed E-state index contributed by atoms with van der Waals surface area (Å²) < 4.78 is 0. The summed E-state index contributed by atoms with van der Waals surface area (Å²) in [6, 6.07) is -0.878. The Morgan fingerprint density at radius 1 is 1.55 bits per heavy atom. The van der Waals surface area contributed by atoms with E-state index < -0.39 is 29.2 Å². The van der Waals surface area contributed by atoms with Gasteiger partial charge in [0.1, 0.15) is 29.9 Å². The van der Waals surface area contributed by atoms with Gasteiger partial charge in [-0.2, -0.15) is 0 Å². The number of carbonyl (C=O) groups excluding carboxylic acids is 2. The Hall–Kier alpha value is -2.86. The van der Waals surface area contributed by atoms with E-state index in [-0.39, 0.29) is 22.2 Å². The van der Waals surface area contributed by atoms with Crippen molar-refractivity contribution in [3.8, 4) is 0 Å². The standard InChI is InChI=1S/C17H19N5O5S2/c1-3-4-5-8-6-28-15-11(14(24)22(15)12(8)16(25)26)20-13(23)10(21-27-2)9-7-29-17(18)19-9/h4-5,7,11,15H,3,6H2,1-2H3,(H2,18,19)(H,20,23)(H,25,26)/b5-4-,21-10-/t11?,15-/m1/s1. The third kappa shape index (κ3) is 3.98. The first kappa shape index (κ1) is 20.9. The van der Waals surface area contributed by atoms with Crippen LogP contribution in [-0.2, 0) is 19.2 Å². The zero-order chi connectivity index (χ0) is 21.1. The minimum absolute atomic E-state index is 0.0491. The normalized spacial score (nSPS) is 21.8.